The van der Waals surface area contributed by atoms with Gasteiger partial charge in [0.05, 0.1) is 0 Å². The Kier molecular flexibility index (Phi) is 6.83. The van der Waals surface area contributed by atoms with E-state index in [1.807, 2.05) is 54.6 Å². The van der Waals surface area contributed by atoms with Crippen LogP contribution in [0, 0.1) is 6.07 Å². The van der Waals surface area contributed by atoms with Crippen LogP contribution in [0.2, 0.25) is 0 Å². The first-order chi connectivity index (χ1) is 24.8. The molecule has 8 aromatic carbocycles. The van der Waals surface area contributed by atoms with E-state index in [0.717, 1.165) is 66.0 Å². The molecule has 0 radical (unpaired) electrons. The molecular weight excluding hydrogens is 636 g/mol. The smallest absolute Gasteiger partial charge is 0.456 e. The Morgan fingerprint density at radius 3 is 1.98 bits per heavy atom. The van der Waals surface area contributed by atoms with Gasteiger partial charge in [-0.15, -0.1) is 23.6 Å². The monoisotopic (exact) mass is 660 g/mol. The van der Waals surface area contributed by atoms with Gasteiger partial charge in [0.25, 0.3) is 0 Å². The molecule has 0 fully saturated rings. The Morgan fingerprint density at radius 1 is 0.471 bits per heavy atom. The quantitative estimate of drug-likeness (QED) is 0.108. The summed E-state index contributed by atoms with van der Waals surface area (Å²) in [6, 6.07) is 55.8. The maximum absolute atomic E-state index is 6.49. The molecule has 0 N–H and O–H groups in total. The van der Waals surface area contributed by atoms with Crippen LogP contribution >= 0.6 is 0 Å². The summed E-state index contributed by atoms with van der Waals surface area (Å²) in [4.78, 5) is 15.4. The van der Waals surface area contributed by atoms with Gasteiger partial charge < -0.3 is 4.42 Å². The Morgan fingerprint density at radius 2 is 1.16 bits per heavy atom. The zero-order valence-corrected chi connectivity index (χ0v) is 29.6. The molecule has 232 valence electrons. The molecule has 0 saturated heterocycles. The number of rotatable bonds is 4. The molecule has 0 spiro atoms. The normalized spacial score (nSPS) is 11.8. The van der Waals surface area contributed by atoms with Gasteiger partial charge in [-0.25, -0.2) is 4.98 Å². The first-order valence-corrected chi connectivity index (χ1v) is 16.7. The number of benzene rings is 8. The molecule has 5 nitrogen and oxygen atoms in total. The summed E-state index contributed by atoms with van der Waals surface area (Å²) in [6.07, 6.45) is 0. The molecule has 0 saturated carbocycles. The molecule has 3 aromatic heterocycles. The molecule has 6 heteroatoms. The van der Waals surface area contributed by atoms with Crippen molar-refractivity contribution in [1.29, 1.82) is 0 Å². The molecule has 0 unspecified atom stereocenters. The van der Waals surface area contributed by atoms with Crippen molar-refractivity contribution >= 4 is 65.3 Å². The van der Waals surface area contributed by atoms with E-state index >= 15 is 0 Å². The molecule has 0 aliphatic carbocycles. The van der Waals surface area contributed by atoms with Gasteiger partial charge in [-0.1, -0.05) is 131 Å². The second kappa shape index (κ2) is 11.6. The largest absolute Gasteiger partial charge is 1.00 e. The SMILES string of the molecule is [Na+].[c-]1ccc2c3c1c1ccccc1c1cccc(c13)n2-c1nc(-c2ccccc2)nc(-c2ccc3c(c2)oc2cccc(-c4ccccc4)c23)n1. The standard InChI is InChI=1S/C45H25N4O.Na/c1-3-12-27(13-4-1)30-18-11-23-38-40(30)35-25-24-29(26-39(35)50-38)44-46-43(28-14-5-2-6-15-28)47-45(48-44)49-36-21-9-19-33-31-16-7-8-17-32(31)34-20-10-22-37(49)42(34)41(33)36;/h1-19,21-26H;/q-1;+1. The van der Waals surface area contributed by atoms with Crippen LogP contribution in [0.1, 0.15) is 0 Å². The van der Waals surface area contributed by atoms with Gasteiger partial charge in [-0.3, -0.25) is 4.57 Å². The molecule has 0 aliphatic heterocycles. The Bertz CT molecular complexity index is 3010. The number of nitrogens with zero attached hydrogens (tertiary/aromatic N) is 4. The first kappa shape index (κ1) is 30.0. The number of fused-ring (bicyclic) bond motifs is 6. The summed E-state index contributed by atoms with van der Waals surface area (Å²) >= 11 is 0. The van der Waals surface area contributed by atoms with Crippen LogP contribution in [0.5, 0.6) is 0 Å². The Balaban J connectivity index is 0.00000327. The van der Waals surface area contributed by atoms with E-state index in [9.17, 15) is 0 Å². The van der Waals surface area contributed by atoms with Gasteiger partial charge in [0.15, 0.2) is 11.6 Å². The Labute approximate surface area is 314 Å². The van der Waals surface area contributed by atoms with Crippen LogP contribution in [-0.4, -0.2) is 19.5 Å². The molecule has 0 atom stereocenters. The van der Waals surface area contributed by atoms with Crippen molar-refractivity contribution in [2.24, 2.45) is 0 Å². The number of aromatic nitrogens is 4. The van der Waals surface area contributed by atoms with Gasteiger partial charge in [0, 0.05) is 27.4 Å². The molecule has 11 aromatic rings. The van der Waals surface area contributed by atoms with E-state index in [4.69, 9.17) is 19.4 Å². The molecular formula is C45H25N4NaO. The fourth-order valence-electron chi connectivity index (χ4n) is 7.77. The summed E-state index contributed by atoms with van der Waals surface area (Å²) in [5.41, 5.74) is 7.78. The van der Waals surface area contributed by atoms with Crippen LogP contribution in [-0.2, 0) is 0 Å². The predicted molar refractivity (Wildman–Crippen MR) is 203 cm³/mol. The summed E-state index contributed by atoms with van der Waals surface area (Å²) in [7, 11) is 0. The van der Waals surface area contributed by atoms with Crippen molar-refractivity contribution in [3.63, 3.8) is 0 Å². The van der Waals surface area contributed by atoms with Crippen molar-refractivity contribution in [2.45, 2.75) is 0 Å². The second-order valence-corrected chi connectivity index (χ2v) is 12.7. The summed E-state index contributed by atoms with van der Waals surface area (Å²) in [5, 5.41) is 9.21. The first-order valence-electron chi connectivity index (χ1n) is 16.7. The zero-order chi connectivity index (χ0) is 32.8. The van der Waals surface area contributed by atoms with Crippen molar-refractivity contribution < 1.29 is 34.0 Å². The fraction of sp³-hybridized carbons (Fsp3) is 0. The second-order valence-electron chi connectivity index (χ2n) is 12.7. The van der Waals surface area contributed by atoms with E-state index in [2.05, 4.69) is 108 Å². The summed E-state index contributed by atoms with van der Waals surface area (Å²) < 4.78 is 8.67. The molecule has 3 heterocycles. The maximum atomic E-state index is 6.49. The average Bonchev–Trinajstić information content (AvgIpc) is 3.74. The summed E-state index contributed by atoms with van der Waals surface area (Å²) in [6.45, 7) is 0. The number of furan rings is 1. The van der Waals surface area contributed by atoms with Crippen LogP contribution in [0.25, 0.3) is 105 Å². The van der Waals surface area contributed by atoms with Gasteiger partial charge in [-0.2, -0.15) is 9.97 Å². The average molecular weight is 661 g/mol. The van der Waals surface area contributed by atoms with Crippen LogP contribution in [0.4, 0.5) is 0 Å². The van der Waals surface area contributed by atoms with Gasteiger partial charge >= 0.3 is 29.6 Å². The van der Waals surface area contributed by atoms with E-state index in [-0.39, 0.29) is 29.6 Å². The minimum absolute atomic E-state index is 0. The van der Waals surface area contributed by atoms with E-state index in [1.165, 1.54) is 21.5 Å². The predicted octanol–water partition coefficient (Wildman–Crippen LogP) is 8.42. The maximum Gasteiger partial charge on any atom is 1.00 e. The van der Waals surface area contributed by atoms with E-state index in [0.29, 0.717) is 17.6 Å². The number of hydrogen-bond donors (Lipinski definition) is 0. The van der Waals surface area contributed by atoms with Crippen molar-refractivity contribution in [2.75, 3.05) is 0 Å². The molecule has 51 heavy (non-hydrogen) atoms. The topological polar surface area (TPSA) is 56.7 Å². The van der Waals surface area contributed by atoms with Crippen molar-refractivity contribution in [1.82, 2.24) is 19.5 Å². The zero-order valence-electron chi connectivity index (χ0n) is 27.6. The Hall–Kier alpha value is -5.85. The minimum atomic E-state index is 0. The minimum Gasteiger partial charge on any atom is -0.456 e. The third-order valence-corrected chi connectivity index (χ3v) is 9.93. The van der Waals surface area contributed by atoms with Gasteiger partial charge in [-0.05, 0) is 51.7 Å². The summed E-state index contributed by atoms with van der Waals surface area (Å²) in [5.74, 6) is 1.74. The van der Waals surface area contributed by atoms with Gasteiger partial charge in [0.1, 0.15) is 11.2 Å². The van der Waals surface area contributed by atoms with Crippen LogP contribution in [0.3, 0.4) is 0 Å². The molecule has 0 bridgehead atoms. The van der Waals surface area contributed by atoms with E-state index in [1.54, 1.807) is 0 Å². The molecule has 0 amide bonds. The number of hydrogen-bond acceptors (Lipinski definition) is 4. The van der Waals surface area contributed by atoms with Crippen molar-refractivity contribution in [3.8, 4) is 39.9 Å². The third-order valence-electron chi connectivity index (χ3n) is 9.93. The third kappa shape index (κ3) is 4.49. The van der Waals surface area contributed by atoms with Gasteiger partial charge in [0.2, 0.25) is 5.95 Å². The molecule has 11 rings (SSSR count). The fourth-order valence-corrected chi connectivity index (χ4v) is 7.77. The van der Waals surface area contributed by atoms with Crippen LogP contribution < -0.4 is 29.6 Å². The molecule has 0 aliphatic rings. The van der Waals surface area contributed by atoms with E-state index < -0.39 is 0 Å². The van der Waals surface area contributed by atoms with Crippen LogP contribution in [0.15, 0.2) is 156 Å². The van der Waals surface area contributed by atoms with Crippen molar-refractivity contribution in [3.05, 3.63) is 158 Å².